The molecule has 2 aromatic heterocycles. The summed E-state index contributed by atoms with van der Waals surface area (Å²) in [6, 6.07) is 19.7. The molecule has 4 aromatic rings. The minimum absolute atomic E-state index is 0.123. The largest absolute Gasteiger partial charge is 0.347 e. The molecule has 4 rings (SSSR count). The molecule has 0 aliphatic heterocycles. The first kappa shape index (κ1) is 16.2. The second-order valence-corrected chi connectivity index (χ2v) is 6.76. The predicted octanol–water partition coefficient (Wildman–Crippen LogP) is 4.36. The van der Waals surface area contributed by atoms with Crippen LogP contribution in [0.1, 0.15) is 15.2 Å². The number of rotatable bonds is 5. The van der Waals surface area contributed by atoms with Crippen LogP contribution in [0.15, 0.2) is 73.1 Å². The number of nitrogens with one attached hydrogen (secondary N) is 2. The van der Waals surface area contributed by atoms with Crippen LogP contribution in [-0.4, -0.2) is 15.9 Å². The van der Waals surface area contributed by atoms with Gasteiger partial charge in [-0.05, 0) is 29.8 Å². The molecular formula is C20H16N4OS. The van der Waals surface area contributed by atoms with Crippen LogP contribution in [-0.2, 0) is 6.54 Å². The van der Waals surface area contributed by atoms with Gasteiger partial charge in [0.2, 0.25) is 0 Å². The van der Waals surface area contributed by atoms with E-state index in [-0.39, 0.29) is 5.91 Å². The molecule has 1 amide bonds. The predicted molar refractivity (Wildman–Crippen MR) is 105 cm³/mol. The lowest BCUT2D eigenvalue weighted by atomic mass is 10.2. The van der Waals surface area contributed by atoms with Crippen LogP contribution in [0.4, 0.5) is 10.8 Å². The molecule has 0 aliphatic rings. The number of thiazole rings is 1. The fraction of sp³-hybridized carbons (Fsp3) is 0.0500. The van der Waals surface area contributed by atoms with Crippen LogP contribution < -0.4 is 10.6 Å². The molecule has 6 heteroatoms. The average molecular weight is 360 g/mol. The summed E-state index contributed by atoms with van der Waals surface area (Å²) in [7, 11) is 0. The summed E-state index contributed by atoms with van der Waals surface area (Å²) in [4.78, 5) is 21.5. The topological polar surface area (TPSA) is 66.9 Å². The number of pyridine rings is 1. The Bertz CT molecular complexity index is 1050. The van der Waals surface area contributed by atoms with Crippen LogP contribution in [0.2, 0.25) is 0 Å². The van der Waals surface area contributed by atoms with Crippen LogP contribution in [0.25, 0.3) is 10.9 Å². The number of aromatic nitrogens is 2. The fourth-order valence-corrected chi connectivity index (χ4v) is 3.33. The number of carbonyl (C=O) groups excluding carboxylic acids is 1. The molecule has 0 unspecified atom stereocenters. The van der Waals surface area contributed by atoms with Crippen LogP contribution in [0.3, 0.4) is 0 Å². The molecule has 0 bridgehead atoms. The second-order valence-electron chi connectivity index (χ2n) is 5.73. The van der Waals surface area contributed by atoms with Gasteiger partial charge in [-0.15, -0.1) is 0 Å². The lowest BCUT2D eigenvalue weighted by molar-refractivity contribution is 0.0955. The number of anilines is 2. The summed E-state index contributed by atoms with van der Waals surface area (Å²) < 4.78 is 0. The first-order chi connectivity index (χ1) is 12.8. The Kier molecular flexibility index (Phi) is 4.57. The smallest absolute Gasteiger partial charge is 0.263 e. The van der Waals surface area contributed by atoms with Crippen molar-refractivity contribution < 1.29 is 4.79 Å². The summed E-state index contributed by atoms with van der Waals surface area (Å²) in [5, 5.41) is 7.89. The van der Waals surface area contributed by atoms with E-state index in [4.69, 9.17) is 0 Å². The van der Waals surface area contributed by atoms with Crippen molar-refractivity contribution in [3.63, 3.8) is 0 Å². The van der Waals surface area contributed by atoms with Crippen molar-refractivity contribution in [1.82, 2.24) is 15.3 Å². The first-order valence-electron chi connectivity index (χ1n) is 8.18. The minimum atomic E-state index is -0.123. The number of carbonyl (C=O) groups is 1. The Hall–Kier alpha value is -3.25. The maximum Gasteiger partial charge on any atom is 0.263 e. The van der Waals surface area contributed by atoms with E-state index in [1.807, 2.05) is 60.7 Å². The Morgan fingerprint density at radius 1 is 1.00 bits per heavy atom. The molecule has 2 aromatic carbocycles. The zero-order chi connectivity index (χ0) is 17.8. The highest BCUT2D eigenvalue weighted by Gasteiger charge is 2.10. The summed E-state index contributed by atoms with van der Waals surface area (Å²) in [5.74, 6) is -0.123. The van der Waals surface area contributed by atoms with Crippen molar-refractivity contribution in [2.75, 3.05) is 5.32 Å². The van der Waals surface area contributed by atoms with E-state index < -0.39 is 0 Å². The molecule has 0 saturated carbocycles. The maximum absolute atomic E-state index is 12.3. The highest BCUT2D eigenvalue weighted by atomic mass is 32.1. The summed E-state index contributed by atoms with van der Waals surface area (Å²) in [5.41, 5.74) is 2.92. The van der Waals surface area contributed by atoms with Crippen LogP contribution in [0.5, 0.6) is 0 Å². The van der Waals surface area contributed by atoms with E-state index in [0.717, 1.165) is 22.2 Å². The number of hydrogen-bond donors (Lipinski definition) is 2. The third-order valence-electron chi connectivity index (χ3n) is 3.88. The molecule has 0 fully saturated rings. The van der Waals surface area contributed by atoms with E-state index in [1.165, 1.54) is 11.3 Å². The van der Waals surface area contributed by atoms with Gasteiger partial charge in [0.1, 0.15) is 4.88 Å². The van der Waals surface area contributed by atoms with Gasteiger partial charge < -0.3 is 10.6 Å². The Labute approximate surface area is 154 Å². The van der Waals surface area contributed by atoms with Crippen LogP contribution in [0, 0.1) is 0 Å². The molecule has 0 atom stereocenters. The molecule has 26 heavy (non-hydrogen) atoms. The lowest BCUT2D eigenvalue weighted by Gasteiger charge is -2.04. The zero-order valence-electron chi connectivity index (χ0n) is 13.8. The number of amides is 1. The number of fused-ring (bicyclic) bond motifs is 1. The SMILES string of the molecule is O=C(NCc1ccccc1)c1cnc(Nc2ccc3ncccc3c2)s1. The van der Waals surface area contributed by atoms with Crippen molar-refractivity contribution in [3.05, 3.63) is 83.5 Å². The number of nitrogens with zero attached hydrogens (tertiary/aromatic N) is 2. The van der Waals surface area contributed by atoms with Crippen molar-refractivity contribution in [2.24, 2.45) is 0 Å². The van der Waals surface area contributed by atoms with Gasteiger partial charge in [-0.1, -0.05) is 47.7 Å². The van der Waals surface area contributed by atoms with Gasteiger partial charge in [-0.3, -0.25) is 9.78 Å². The Morgan fingerprint density at radius 2 is 1.88 bits per heavy atom. The van der Waals surface area contributed by atoms with Crippen molar-refractivity contribution >= 4 is 39.0 Å². The first-order valence-corrected chi connectivity index (χ1v) is 8.99. The Morgan fingerprint density at radius 3 is 2.77 bits per heavy atom. The van der Waals surface area contributed by atoms with Gasteiger partial charge in [0.05, 0.1) is 11.7 Å². The van der Waals surface area contributed by atoms with Gasteiger partial charge in [-0.25, -0.2) is 4.98 Å². The standard InChI is InChI=1S/C20H16N4OS/c25-19(22-12-14-5-2-1-3-6-14)18-13-23-20(26-18)24-16-8-9-17-15(11-16)7-4-10-21-17/h1-11,13H,12H2,(H,22,25)(H,23,24). The molecule has 0 spiro atoms. The zero-order valence-corrected chi connectivity index (χ0v) is 14.7. The fourth-order valence-electron chi connectivity index (χ4n) is 2.58. The molecule has 0 aliphatic carbocycles. The molecule has 2 heterocycles. The minimum Gasteiger partial charge on any atom is -0.347 e. The maximum atomic E-state index is 12.3. The van der Waals surface area contributed by atoms with E-state index in [0.29, 0.717) is 16.6 Å². The van der Waals surface area contributed by atoms with E-state index in [2.05, 4.69) is 20.6 Å². The van der Waals surface area contributed by atoms with Crippen molar-refractivity contribution in [2.45, 2.75) is 6.54 Å². The monoisotopic (exact) mass is 360 g/mol. The number of hydrogen-bond acceptors (Lipinski definition) is 5. The van der Waals surface area contributed by atoms with Gasteiger partial charge in [0.25, 0.3) is 5.91 Å². The van der Waals surface area contributed by atoms with Crippen molar-refractivity contribution in [3.8, 4) is 0 Å². The normalized spacial score (nSPS) is 10.6. The van der Waals surface area contributed by atoms with E-state index in [1.54, 1.807) is 12.4 Å². The molecule has 0 saturated heterocycles. The van der Waals surface area contributed by atoms with Gasteiger partial charge in [-0.2, -0.15) is 0 Å². The van der Waals surface area contributed by atoms with E-state index in [9.17, 15) is 4.79 Å². The van der Waals surface area contributed by atoms with Gasteiger partial charge in [0, 0.05) is 23.8 Å². The highest BCUT2D eigenvalue weighted by molar-refractivity contribution is 7.17. The summed E-state index contributed by atoms with van der Waals surface area (Å²) in [6.45, 7) is 0.498. The van der Waals surface area contributed by atoms with Gasteiger partial charge >= 0.3 is 0 Å². The Balaban J connectivity index is 1.42. The number of benzene rings is 2. The third-order valence-corrected chi connectivity index (χ3v) is 4.79. The quantitative estimate of drug-likeness (QED) is 0.555. The molecule has 0 radical (unpaired) electrons. The summed E-state index contributed by atoms with van der Waals surface area (Å²) >= 11 is 1.33. The van der Waals surface area contributed by atoms with Crippen molar-refractivity contribution in [1.29, 1.82) is 0 Å². The van der Waals surface area contributed by atoms with Crippen LogP contribution >= 0.6 is 11.3 Å². The highest BCUT2D eigenvalue weighted by Crippen LogP contribution is 2.24. The molecule has 2 N–H and O–H groups in total. The second kappa shape index (κ2) is 7.33. The average Bonchev–Trinajstić information content (AvgIpc) is 3.15. The third kappa shape index (κ3) is 3.70. The van der Waals surface area contributed by atoms with E-state index >= 15 is 0 Å². The molecule has 128 valence electrons. The molecular weight excluding hydrogens is 344 g/mol. The summed E-state index contributed by atoms with van der Waals surface area (Å²) in [6.07, 6.45) is 3.37. The molecule has 5 nitrogen and oxygen atoms in total. The lowest BCUT2D eigenvalue weighted by Crippen LogP contribution is -2.21. The van der Waals surface area contributed by atoms with Gasteiger partial charge in [0.15, 0.2) is 5.13 Å².